The number of carbonyl (C=O) groups is 2. The van der Waals surface area contributed by atoms with Gasteiger partial charge in [0.05, 0.1) is 5.71 Å². The molecular formula is C20H21N3O3. The van der Waals surface area contributed by atoms with Crippen molar-refractivity contribution in [2.75, 3.05) is 23.4 Å². The van der Waals surface area contributed by atoms with Gasteiger partial charge in [0, 0.05) is 24.8 Å². The van der Waals surface area contributed by atoms with Gasteiger partial charge in [-0.25, -0.2) is 0 Å². The second kappa shape index (κ2) is 7.82. The summed E-state index contributed by atoms with van der Waals surface area (Å²) < 4.78 is 0. The molecule has 1 heterocycles. The summed E-state index contributed by atoms with van der Waals surface area (Å²) in [7, 11) is 0. The van der Waals surface area contributed by atoms with E-state index in [1.165, 1.54) is 12.5 Å². The maximum atomic E-state index is 12.4. The van der Waals surface area contributed by atoms with Crippen molar-refractivity contribution in [2.24, 2.45) is 5.16 Å². The quantitative estimate of drug-likeness (QED) is 0.665. The van der Waals surface area contributed by atoms with Crippen LogP contribution in [0.4, 0.5) is 11.4 Å². The molecule has 0 bridgehead atoms. The smallest absolute Gasteiger partial charge is 0.267 e. The van der Waals surface area contributed by atoms with E-state index in [0.717, 1.165) is 23.4 Å². The molecule has 0 radical (unpaired) electrons. The number of anilines is 2. The molecule has 2 aromatic carbocycles. The number of nitrogens with zero attached hydrogens (tertiary/aromatic N) is 2. The topological polar surface area (TPSA) is 71.0 Å². The van der Waals surface area contributed by atoms with Crippen LogP contribution in [0.25, 0.3) is 0 Å². The number of nitrogens with one attached hydrogen (secondary N) is 1. The highest BCUT2D eigenvalue weighted by Crippen LogP contribution is 2.27. The van der Waals surface area contributed by atoms with Crippen molar-refractivity contribution in [2.45, 2.75) is 20.3 Å². The molecule has 2 aromatic rings. The van der Waals surface area contributed by atoms with Crippen LogP contribution in [0.1, 0.15) is 25.0 Å². The van der Waals surface area contributed by atoms with Gasteiger partial charge in [-0.15, -0.1) is 0 Å². The van der Waals surface area contributed by atoms with Gasteiger partial charge in [-0.3, -0.25) is 9.59 Å². The minimum Gasteiger partial charge on any atom is -0.385 e. The minimum atomic E-state index is -0.117. The van der Waals surface area contributed by atoms with Gasteiger partial charge in [-0.2, -0.15) is 0 Å². The molecule has 3 rings (SSSR count). The Morgan fingerprint density at radius 3 is 2.58 bits per heavy atom. The average Bonchev–Trinajstić information content (AvgIpc) is 3.06. The number of para-hydroxylation sites is 1. The third-order valence-corrected chi connectivity index (χ3v) is 4.20. The summed E-state index contributed by atoms with van der Waals surface area (Å²) in [5.41, 5.74) is 4.38. The summed E-state index contributed by atoms with van der Waals surface area (Å²) in [4.78, 5) is 30.4. The maximum Gasteiger partial charge on any atom is 0.267 e. The number of carbonyl (C=O) groups excluding carboxylic acids is 2. The van der Waals surface area contributed by atoms with E-state index in [2.05, 4.69) is 10.5 Å². The standard InChI is InChI=1S/C20H21N3O3/c1-14(16-7-9-18(10-8-16)21-15(2)24)22-26-13-20(25)23-12-11-17-5-3-4-6-19(17)23/h3-10H,11-13H2,1-2H3,(H,21,24). The molecule has 0 aromatic heterocycles. The van der Waals surface area contributed by atoms with Gasteiger partial charge < -0.3 is 15.1 Å². The Bertz CT molecular complexity index is 844. The fraction of sp³-hybridized carbons (Fsp3) is 0.250. The second-order valence-electron chi connectivity index (χ2n) is 6.13. The zero-order valence-electron chi connectivity index (χ0n) is 14.9. The number of amides is 2. The van der Waals surface area contributed by atoms with Crippen molar-refractivity contribution in [1.29, 1.82) is 0 Å². The van der Waals surface area contributed by atoms with Crippen molar-refractivity contribution in [3.63, 3.8) is 0 Å². The van der Waals surface area contributed by atoms with Crippen LogP contribution in [0.5, 0.6) is 0 Å². The van der Waals surface area contributed by atoms with Gasteiger partial charge in [0.1, 0.15) is 0 Å². The van der Waals surface area contributed by atoms with E-state index in [1.54, 1.807) is 17.0 Å². The molecule has 1 aliphatic heterocycles. The molecule has 0 spiro atoms. The Morgan fingerprint density at radius 2 is 1.85 bits per heavy atom. The highest BCUT2D eigenvalue weighted by Gasteiger charge is 2.24. The van der Waals surface area contributed by atoms with Crippen LogP contribution in [0.2, 0.25) is 0 Å². The van der Waals surface area contributed by atoms with Crippen LogP contribution in [0.15, 0.2) is 53.7 Å². The van der Waals surface area contributed by atoms with Crippen molar-refractivity contribution in [3.8, 4) is 0 Å². The van der Waals surface area contributed by atoms with Crippen LogP contribution in [-0.4, -0.2) is 30.7 Å². The SMILES string of the molecule is CC(=O)Nc1ccc(C(C)=NOCC(=O)N2CCc3ccccc32)cc1. The molecule has 1 N–H and O–H groups in total. The van der Waals surface area contributed by atoms with E-state index in [9.17, 15) is 9.59 Å². The van der Waals surface area contributed by atoms with Crippen LogP contribution < -0.4 is 10.2 Å². The first-order valence-corrected chi connectivity index (χ1v) is 8.47. The summed E-state index contributed by atoms with van der Waals surface area (Å²) in [6.45, 7) is 3.85. The molecule has 6 nitrogen and oxygen atoms in total. The van der Waals surface area contributed by atoms with Crippen LogP contribution in [-0.2, 0) is 20.8 Å². The highest BCUT2D eigenvalue weighted by atomic mass is 16.6. The van der Waals surface area contributed by atoms with Gasteiger partial charge in [-0.05, 0) is 42.7 Å². The molecule has 0 unspecified atom stereocenters. The first-order chi connectivity index (χ1) is 12.5. The number of benzene rings is 2. The lowest BCUT2D eigenvalue weighted by Gasteiger charge is -2.16. The van der Waals surface area contributed by atoms with Crippen molar-refractivity contribution >= 4 is 28.9 Å². The fourth-order valence-corrected chi connectivity index (χ4v) is 2.91. The fourth-order valence-electron chi connectivity index (χ4n) is 2.91. The molecule has 1 aliphatic rings. The maximum absolute atomic E-state index is 12.4. The lowest BCUT2D eigenvalue weighted by Crippen LogP contribution is -2.31. The Morgan fingerprint density at radius 1 is 1.12 bits per heavy atom. The van der Waals surface area contributed by atoms with Gasteiger partial charge in [-0.1, -0.05) is 35.5 Å². The molecule has 0 fully saturated rings. The number of rotatable bonds is 5. The van der Waals surface area contributed by atoms with Gasteiger partial charge >= 0.3 is 0 Å². The largest absolute Gasteiger partial charge is 0.385 e. The Hall–Kier alpha value is -3.15. The molecule has 0 saturated heterocycles. The highest BCUT2D eigenvalue weighted by molar-refractivity contribution is 5.99. The normalized spacial score (nSPS) is 13.3. The summed E-state index contributed by atoms with van der Waals surface area (Å²) in [6.07, 6.45) is 0.866. The number of hydrogen-bond donors (Lipinski definition) is 1. The third kappa shape index (κ3) is 4.08. The van der Waals surface area contributed by atoms with Crippen molar-refractivity contribution < 1.29 is 14.4 Å². The molecule has 0 atom stereocenters. The first kappa shape index (κ1) is 17.7. The first-order valence-electron chi connectivity index (χ1n) is 8.47. The molecule has 0 aliphatic carbocycles. The molecule has 0 saturated carbocycles. The van der Waals surface area contributed by atoms with Gasteiger partial charge in [0.25, 0.3) is 5.91 Å². The Labute approximate surface area is 152 Å². The summed E-state index contributed by atoms with van der Waals surface area (Å²) in [5.74, 6) is -0.221. The summed E-state index contributed by atoms with van der Waals surface area (Å²) in [6, 6.07) is 15.2. The van der Waals surface area contributed by atoms with E-state index in [-0.39, 0.29) is 18.4 Å². The summed E-state index contributed by atoms with van der Waals surface area (Å²) in [5, 5.41) is 6.74. The lowest BCUT2D eigenvalue weighted by atomic mass is 10.1. The predicted octanol–water partition coefficient (Wildman–Crippen LogP) is 2.97. The Kier molecular flexibility index (Phi) is 5.31. The van der Waals surface area contributed by atoms with Crippen LogP contribution >= 0.6 is 0 Å². The number of fused-ring (bicyclic) bond motifs is 1. The molecule has 26 heavy (non-hydrogen) atoms. The van der Waals surface area contributed by atoms with Crippen molar-refractivity contribution in [3.05, 3.63) is 59.7 Å². The zero-order chi connectivity index (χ0) is 18.5. The van der Waals surface area contributed by atoms with E-state index in [1.807, 2.05) is 43.3 Å². The van der Waals surface area contributed by atoms with Crippen LogP contribution in [0.3, 0.4) is 0 Å². The molecule has 6 heteroatoms. The second-order valence-corrected chi connectivity index (χ2v) is 6.13. The Balaban J connectivity index is 1.56. The van der Waals surface area contributed by atoms with Gasteiger partial charge in [0.15, 0.2) is 6.61 Å². The molecule has 134 valence electrons. The minimum absolute atomic E-state index is 0.102. The number of hydrogen-bond acceptors (Lipinski definition) is 4. The number of oxime groups is 1. The van der Waals surface area contributed by atoms with E-state index in [4.69, 9.17) is 4.84 Å². The predicted molar refractivity (Wildman–Crippen MR) is 101 cm³/mol. The molecule has 2 amide bonds. The average molecular weight is 351 g/mol. The summed E-state index contributed by atoms with van der Waals surface area (Å²) >= 11 is 0. The zero-order valence-corrected chi connectivity index (χ0v) is 14.9. The van der Waals surface area contributed by atoms with E-state index < -0.39 is 0 Å². The van der Waals surface area contributed by atoms with E-state index in [0.29, 0.717) is 12.3 Å². The van der Waals surface area contributed by atoms with Crippen LogP contribution in [0, 0.1) is 0 Å². The third-order valence-electron chi connectivity index (χ3n) is 4.20. The van der Waals surface area contributed by atoms with Gasteiger partial charge in [0.2, 0.25) is 5.91 Å². The molecular weight excluding hydrogens is 330 g/mol. The van der Waals surface area contributed by atoms with Crippen molar-refractivity contribution in [1.82, 2.24) is 0 Å². The van der Waals surface area contributed by atoms with E-state index >= 15 is 0 Å². The monoisotopic (exact) mass is 351 g/mol. The lowest BCUT2D eigenvalue weighted by molar-refractivity contribution is -0.123.